The van der Waals surface area contributed by atoms with Crippen LogP contribution in [0.2, 0.25) is 0 Å². The van der Waals surface area contributed by atoms with Crippen molar-refractivity contribution in [3.63, 3.8) is 0 Å². The van der Waals surface area contributed by atoms with Crippen molar-refractivity contribution < 1.29 is 19.0 Å². The van der Waals surface area contributed by atoms with E-state index in [1.54, 1.807) is 26.2 Å². The summed E-state index contributed by atoms with van der Waals surface area (Å²) in [5.41, 5.74) is 4.42. The lowest BCUT2D eigenvalue weighted by molar-refractivity contribution is 0.0988. The number of hydrogen-bond donors (Lipinski definition) is 1. The minimum atomic E-state index is -0.458. The molecule has 0 saturated carbocycles. The van der Waals surface area contributed by atoms with Crippen molar-refractivity contribution in [2.45, 2.75) is 6.04 Å². The predicted molar refractivity (Wildman–Crippen MR) is 133 cm³/mol. The summed E-state index contributed by atoms with van der Waals surface area (Å²) in [6.45, 7) is 0. The van der Waals surface area contributed by atoms with Gasteiger partial charge in [-0.2, -0.15) is 5.10 Å². The Labute approximate surface area is 205 Å². The Morgan fingerprint density at radius 3 is 2.21 bits per heavy atom. The van der Waals surface area contributed by atoms with Crippen LogP contribution in [0.5, 0.6) is 17.2 Å². The highest BCUT2D eigenvalue weighted by atomic mass is 79.9. The Morgan fingerprint density at radius 2 is 1.56 bits per heavy atom. The van der Waals surface area contributed by atoms with Crippen LogP contribution in [0.4, 0.5) is 5.69 Å². The van der Waals surface area contributed by atoms with E-state index in [-0.39, 0.29) is 5.91 Å². The quantitative estimate of drug-likeness (QED) is 0.358. The van der Waals surface area contributed by atoms with Gasteiger partial charge in [-0.25, -0.2) is 0 Å². The predicted octanol–water partition coefficient (Wildman–Crippen LogP) is 5.61. The number of halogens is 1. The number of fused-ring (bicyclic) bond motifs is 1. The number of nitrogens with one attached hydrogen (secondary N) is 1. The fraction of sp³-hybridized carbons (Fsp3) is 0.154. The van der Waals surface area contributed by atoms with Crippen LogP contribution in [-0.4, -0.2) is 37.4 Å². The molecule has 0 aliphatic carbocycles. The van der Waals surface area contributed by atoms with E-state index in [9.17, 15) is 4.79 Å². The molecule has 1 aromatic heterocycles. The van der Waals surface area contributed by atoms with Gasteiger partial charge in [0, 0.05) is 32.9 Å². The number of hydrogen-bond acceptors (Lipinski definition) is 5. The zero-order chi connectivity index (χ0) is 23.8. The molecular weight excluding hydrogens is 498 g/mol. The van der Waals surface area contributed by atoms with Crippen molar-refractivity contribution in [3.8, 4) is 28.5 Å². The largest absolute Gasteiger partial charge is 0.497 e. The van der Waals surface area contributed by atoms with E-state index < -0.39 is 6.04 Å². The molecule has 1 aliphatic rings. The Bertz CT molecular complexity index is 1350. The molecule has 0 radical (unpaired) electrons. The molecule has 5 rings (SSSR count). The van der Waals surface area contributed by atoms with Crippen LogP contribution in [-0.2, 0) is 0 Å². The van der Waals surface area contributed by atoms with E-state index in [0.717, 1.165) is 32.6 Å². The summed E-state index contributed by atoms with van der Waals surface area (Å²) < 4.78 is 17.4. The summed E-state index contributed by atoms with van der Waals surface area (Å²) in [7, 11) is 4.85. The number of amides is 1. The van der Waals surface area contributed by atoms with Crippen LogP contribution in [0, 0.1) is 0 Å². The number of methoxy groups -OCH3 is 3. The van der Waals surface area contributed by atoms with E-state index in [0.29, 0.717) is 22.9 Å². The normalized spacial score (nSPS) is 14.8. The molecule has 0 spiro atoms. The Kier molecular flexibility index (Phi) is 5.75. The number of carbonyl (C=O) groups excluding carboxylic acids is 1. The van der Waals surface area contributed by atoms with Gasteiger partial charge in [-0.1, -0.05) is 15.9 Å². The number of nitrogens with zero attached hydrogens (tertiary/aromatic N) is 2. The van der Waals surface area contributed by atoms with Gasteiger partial charge in [0.1, 0.15) is 22.9 Å². The van der Waals surface area contributed by atoms with E-state index >= 15 is 0 Å². The molecule has 1 amide bonds. The van der Waals surface area contributed by atoms with E-state index in [4.69, 9.17) is 14.2 Å². The number of rotatable bonds is 6. The van der Waals surface area contributed by atoms with E-state index in [1.807, 2.05) is 66.7 Å². The fourth-order valence-corrected chi connectivity index (χ4v) is 4.59. The smallest absolute Gasteiger partial charge is 0.277 e. The van der Waals surface area contributed by atoms with Gasteiger partial charge in [-0.05, 0) is 60.7 Å². The van der Waals surface area contributed by atoms with Crippen LogP contribution in [0.25, 0.3) is 11.3 Å². The maximum Gasteiger partial charge on any atom is 0.277 e. The molecule has 1 N–H and O–H groups in total. The molecule has 3 aromatic carbocycles. The summed E-state index contributed by atoms with van der Waals surface area (Å²) in [5.74, 6) is 1.88. The minimum absolute atomic E-state index is 0.160. The highest BCUT2D eigenvalue weighted by molar-refractivity contribution is 9.10. The molecule has 2 heterocycles. The molecule has 7 nitrogen and oxygen atoms in total. The van der Waals surface area contributed by atoms with Crippen molar-refractivity contribution in [2.75, 3.05) is 26.2 Å². The van der Waals surface area contributed by atoms with Gasteiger partial charge in [0.05, 0.1) is 33.1 Å². The highest BCUT2D eigenvalue weighted by Gasteiger charge is 2.44. The standard InChI is InChI=1S/C26H22BrN3O4/c1-32-18-10-4-15(5-11-18)23-22-24(29-28-23)26(31)30(17-8-6-16(27)7-9-17)25(22)20-13-12-19(33-2)14-21(20)34-3/h4-14,25H,1-3H3,(H,28,29). The molecule has 8 heteroatoms. The first-order valence-electron chi connectivity index (χ1n) is 10.6. The van der Waals surface area contributed by atoms with Crippen molar-refractivity contribution in [1.29, 1.82) is 0 Å². The van der Waals surface area contributed by atoms with Crippen LogP contribution < -0.4 is 19.1 Å². The third-order valence-electron chi connectivity index (χ3n) is 5.97. The summed E-state index contributed by atoms with van der Waals surface area (Å²) in [5, 5.41) is 7.52. The van der Waals surface area contributed by atoms with Gasteiger partial charge in [-0.15, -0.1) is 0 Å². The molecule has 34 heavy (non-hydrogen) atoms. The maximum absolute atomic E-state index is 13.7. The Morgan fingerprint density at radius 1 is 0.882 bits per heavy atom. The average Bonchev–Trinajstić information content (AvgIpc) is 3.43. The lowest BCUT2D eigenvalue weighted by Crippen LogP contribution is -2.29. The van der Waals surface area contributed by atoms with E-state index in [1.165, 1.54) is 0 Å². The SMILES string of the molecule is COc1ccc(-c2n[nH]c3c2C(c2ccc(OC)cc2OC)N(c2ccc(Br)cc2)C3=O)cc1. The number of H-pyrrole nitrogens is 1. The number of carbonyl (C=O) groups is 1. The molecule has 1 atom stereocenters. The summed E-state index contributed by atoms with van der Waals surface area (Å²) in [4.78, 5) is 15.5. The van der Waals surface area contributed by atoms with Crippen LogP contribution in [0.1, 0.15) is 27.7 Å². The first kappa shape index (κ1) is 22.0. The minimum Gasteiger partial charge on any atom is -0.497 e. The Balaban J connectivity index is 1.73. The second kappa shape index (κ2) is 8.87. The van der Waals surface area contributed by atoms with Gasteiger partial charge in [0.2, 0.25) is 0 Å². The van der Waals surface area contributed by atoms with Crippen LogP contribution in [0.3, 0.4) is 0 Å². The number of ether oxygens (including phenoxy) is 3. The van der Waals surface area contributed by atoms with Gasteiger partial charge < -0.3 is 14.2 Å². The maximum atomic E-state index is 13.7. The van der Waals surface area contributed by atoms with Crippen LogP contribution >= 0.6 is 15.9 Å². The molecule has 1 aliphatic heterocycles. The first-order valence-corrected chi connectivity index (χ1v) is 11.4. The second-order valence-electron chi connectivity index (χ2n) is 7.75. The van der Waals surface area contributed by atoms with E-state index in [2.05, 4.69) is 26.1 Å². The lowest BCUT2D eigenvalue weighted by atomic mass is 9.95. The lowest BCUT2D eigenvalue weighted by Gasteiger charge is -2.28. The van der Waals surface area contributed by atoms with Crippen molar-refractivity contribution >= 4 is 27.5 Å². The summed E-state index contributed by atoms with van der Waals surface area (Å²) in [6.07, 6.45) is 0. The number of benzene rings is 3. The first-order chi connectivity index (χ1) is 16.5. The molecule has 0 fully saturated rings. The highest BCUT2D eigenvalue weighted by Crippen LogP contribution is 2.48. The van der Waals surface area contributed by atoms with Crippen molar-refractivity contribution in [1.82, 2.24) is 10.2 Å². The number of aromatic amines is 1. The zero-order valence-electron chi connectivity index (χ0n) is 18.8. The third-order valence-corrected chi connectivity index (χ3v) is 6.50. The summed E-state index contributed by atoms with van der Waals surface area (Å²) in [6, 6.07) is 20.5. The molecule has 0 saturated heterocycles. The Hall–Kier alpha value is -3.78. The molecule has 4 aromatic rings. The topological polar surface area (TPSA) is 76.7 Å². The average molecular weight is 520 g/mol. The van der Waals surface area contributed by atoms with Crippen molar-refractivity contribution in [3.05, 3.63) is 88.0 Å². The zero-order valence-corrected chi connectivity index (χ0v) is 20.4. The third kappa shape index (κ3) is 3.60. The molecular formula is C26H22BrN3O4. The fourth-order valence-electron chi connectivity index (χ4n) is 4.32. The molecule has 1 unspecified atom stereocenters. The number of aromatic nitrogens is 2. The van der Waals surface area contributed by atoms with Gasteiger partial charge in [0.15, 0.2) is 0 Å². The number of anilines is 1. The van der Waals surface area contributed by atoms with Gasteiger partial charge in [0.25, 0.3) is 5.91 Å². The van der Waals surface area contributed by atoms with Crippen molar-refractivity contribution in [2.24, 2.45) is 0 Å². The van der Waals surface area contributed by atoms with Gasteiger partial charge >= 0.3 is 0 Å². The second-order valence-corrected chi connectivity index (χ2v) is 8.67. The monoisotopic (exact) mass is 519 g/mol. The van der Waals surface area contributed by atoms with Gasteiger partial charge in [-0.3, -0.25) is 14.8 Å². The van der Waals surface area contributed by atoms with Crippen LogP contribution in [0.15, 0.2) is 71.2 Å². The summed E-state index contributed by atoms with van der Waals surface area (Å²) >= 11 is 3.48. The molecule has 0 bridgehead atoms. The molecule has 172 valence electrons.